The molecule has 128 valence electrons. The number of carbonyl (C=O) groups excluding carboxylic acids is 1. The van der Waals surface area contributed by atoms with Crippen LogP contribution in [0.1, 0.15) is 22.7 Å². The number of rotatable bonds is 5. The van der Waals surface area contributed by atoms with Crippen LogP contribution in [0, 0.1) is 0 Å². The number of carbonyl (C=O) groups is 1. The van der Waals surface area contributed by atoms with E-state index in [9.17, 15) is 13.2 Å². The standard InChI is InChI=1S/C16H16BrNO5S/c17-13-3-1-2-4-14(13)22-9-12-5-6-15(23-12)16(19)18-11-7-8-24(20,21)10-11/h1-6,11H,7-10H2,(H,18,19). The fraction of sp³-hybridized carbons (Fsp3) is 0.312. The number of hydrogen-bond acceptors (Lipinski definition) is 5. The Bertz CT molecular complexity index is 846. The van der Waals surface area contributed by atoms with E-state index in [-0.39, 0.29) is 29.9 Å². The fourth-order valence-corrected chi connectivity index (χ4v) is 4.53. The maximum absolute atomic E-state index is 12.1. The minimum Gasteiger partial charge on any atom is -0.484 e. The molecule has 0 saturated carbocycles. The third-order valence-electron chi connectivity index (χ3n) is 3.66. The van der Waals surface area contributed by atoms with E-state index < -0.39 is 15.7 Å². The van der Waals surface area contributed by atoms with Crippen molar-refractivity contribution in [3.63, 3.8) is 0 Å². The van der Waals surface area contributed by atoms with Crippen molar-refractivity contribution in [1.82, 2.24) is 5.32 Å². The average molecular weight is 414 g/mol. The summed E-state index contributed by atoms with van der Waals surface area (Å²) in [4.78, 5) is 12.1. The number of halogens is 1. The molecule has 1 unspecified atom stereocenters. The Morgan fingerprint density at radius 2 is 2.08 bits per heavy atom. The van der Waals surface area contributed by atoms with Crippen molar-refractivity contribution < 1.29 is 22.4 Å². The highest BCUT2D eigenvalue weighted by Gasteiger charge is 2.29. The van der Waals surface area contributed by atoms with Gasteiger partial charge in [-0.3, -0.25) is 4.79 Å². The van der Waals surface area contributed by atoms with Crippen molar-refractivity contribution in [2.24, 2.45) is 0 Å². The normalized spacial score (nSPS) is 19.1. The zero-order valence-corrected chi connectivity index (χ0v) is 15.1. The predicted octanol–water partition coefficient (Wildman–Crippen LogP) is 2.54. The van der Waals surface area contributed by atoms with Crippen LogP contribution in [0.25, 0.3) is 0 Å². The number of furan rings is 1. The lowest BCUT2D eigenvalue weighted by Crippen LogP contribution is -2.35. The maximum atomic E-state index is 12.1. The summed E-state index contributed by atoms with van der Waals surface area (Å²) in [6.45, 7) is 0.188. The van der Waals surface area contributed by atoms with Crippen molar-refractivity contribution in [1.29, 1.82) is 0 Å². The second-order valence-electron chi connectivity index (χ2n) is 5.56. The largest absolute Gasteiger partial charge is 0.484 e. The molecule has 1 fully saturated rings. The highest BCUT2D eigenvalue weighted by molar-refractivity contribution is 9.10. The Morgan fingerprint density at radius 1 is 1.29 bits per heavy atom. The highest BCUT2D eigenvalue weighted by Crippen LogP contribution is 2.25. The molecule has 1 atom stereocenters. The first-order chi connectivity index (χ1) is 11.4. The van der Waals surface area contributed by atoms with Gasteiger partial charge in [-0.2, -0.15) is 0 Å². The lowest BCUT2D eigenvalue weighted by Gasteiger charge is -2.09. The van der Waals surface area contributed by atoms with Gasteiger partial charge in [-0.25, -0.2) is 8.42 Å². The molecule has 1 aromatic heterocycles. The molecule has 0 bridgehead atoms. The van der Waals surface area contributed by atoms with Gasteiger partial charge < -0.3 is 14.5 Å². The summed E-state index contributed by atoms with van der Waals surface area (Å²) in [6, 6.07) is 10.3. The van der Waals surface area contributed by atoms with Crippen LogP contribution in [-0.4, -0.2) is 31.9 Å². The van der Waals surface area contributed by atoms with Gasteiger partial charge in [0.2, 0.25) is 0 Å². The van der Waals surface area contributed by atoms with Crippen LogP contribution in [0.5, 0.6) is 5.75 Å². The number of amides is 1. The molecule has 1 N–H and O–H groups in total. The van der Waals surface area contributed by atoms with Crippen LogP contribution in [-0.2, 0) is 16.4 Å². The molecule has 8 heteroatoms. The van der Waals surface area contributed by atoms with Crippen molar-refractivity contribution in [3.05, 3.63) is 52.4 Å². The Hall–Kier alpha value is -1.80. The van der Waals surface area contributed by atoms with Gasteiger partial charge in [-0.05, 0) is 46.6 Å². The summed E-state index contributed by atoms with van der Waals surface area (Å²) < 4.78 is 34.8. The molecule has 1 amide bonds. The quantitative estimate of drug-likeness (QED) is 0.813. The van der Waals surface area contributed by atoms with Gasteiger partial charge in [0.05, 0.1) is 16.0 Å². The number of nitrogens with one attached hydrogen (secondary N) is 1. The molecule has 24 heavy (non-hydrogen) atoms. The lowest BCUT2D eigenvalue weighted by atomic mass is 10.2. The summed E-state index contributed by atoms with van der Waals surface area (Å²) in [6.07, 6.45) is 0.437. The van der Waals surface area contributed by atoms with Gasteiger partial charge in [0.1, 0.15) is 18.1 Å². The molecular weight excluding hydrogens is 398 g/mol. The van der Waals surface area contributed by atoms with Crippen molar-refractivity contribution in [2.45, 2.75) is 19.1 Å². The van der Waals surface area contributed by atoms with E-state index >= 15 is 0 Å². The molecule has 2 aromatic rings. The number of sulfone groups is 1. The second-order valence-corrected chi connectivity index (χ2v) is 8.64. The van der Waals surface area contributed by atoms with Crippen molar-refractivity contribution in [2.75, 3.05) is 11.5 Å². The topological polar surface area (TPSA) is 85.6 Å². The monoisotopic (exact) mass is 413 g/mol. The van der Waals surface area contributed by atoms with Crippen LogP contribution in [0.4, 0.5) is 0 Å². The maximum Gasteiger partial charge on any atom is 0.287 e. The number of ether oxygens (including phenoxy) is 1. The summed E-state index contributed by atoms with van der Waals surface area (Å²) in [5, 5.41) is 2.69. The predicted molar refractivity (Wildman–Crippen MR) is 91.7 cm³/mol. The molecule has 3 rings (SSSR count). The minimum absolute atomic E-state index is 0.0164. The first-order valence-corrected chi connectivity index (χ1v) is 10.0. The first-order valence-electron chi connectivity index (χ1n) is 7.40. The van der Waals surface area contributed by atoms with Crippen molar-refractivity contribution >= 4 is 31.7 Å². The summed E-state index contributed by atoms with van der Waals surface area (Å²) in [7, 11) is -3.03. The molecule has 2 heterocycles. The fourth-order valence-electron chi connectivity index (χ4n) is 2.45. The van der Waals surface area contributed by atoms with E-state index in [1.165, 1.54) is 0 Å². The summed E-state index contributed by atoms with van der Waals surface area (Å²) in [5.74, 6) is 1.01. The second kappa shape index (κ2) is 6.98. The summed E-state index contributed by atoms with van der Waals surface area (Å²) >= 11 is 3.39. The summed E-state index contributed by atoms with van der Waals surface area (Å²) in [5.41, 5.74) is 0. The van der Waals surface area contributed by atoms with Gasteiger partial charge in [0, 0.05) is 6.04 Å². The van der Waals surface area contributed by atoms with Crippen LogP contribution in [0.15, 0.2) is 45.3 Å². The molecule has 1 aliphatic rings. The van der Waals surface area contributed by atoms with Crippen LogP contribution >= 0.6 is 15.9 Å². The Balaban J connectivity index is 1.57. The van der Waals surface area contributed by atoms with Crippen molar-refractivity contribution in [3.8, 4) is 5.75 Å². The molecule has 1 aliphatic heterocycles. The van der Waals surface area contributed by atoms with Gasteiger partial charge in [0.25, 0.3) is 5.91 Å². The van der Waals surface area contributed by atoms with E-state index in [1.54, 1.807) is 12.1 Å². The SMILES string of the molecule is O=C(NC1CCS(=O)(=O)C1)c1ccc(COc2ccccc2Br)o1. The van der Waals surface area contributed by atoms with E-state index in [2.05, 4.69) is 21.2 Å². The first kappa shape index (κ1) is 17.0. The molecule has 0 aliphatic carbocycles. The van der Waals surface area contributed by atoms with E-state index in [4.69, 9.17) is 9.15 Å². The van der Waals surface area contributed by atoms with Crippen LogP contribution in [0.2, 0.25) is 0 Å². The molecular formula is C16H16BrNO5S. The van der Waals surface area contributed by atoms with E-state index in [0.717, 1.165) is 4.47 Å². The zero-order valence-electron chi connectivity index (χ0n) is 12.7. The molecule has 1 saturated heterocycles. The number of benzene rings is 1. The van der Waals surface area contributed by atoms with Gasteiger partial charge in [0.15, 0.2) is 15.6 Å². The third kappa shape index (κ3) is 4.18. The zero-order chi connectivity index (χ0) is 17.2. The Morgan fingerprint density at radius 3 is 2.79 bits per heavy atom. The molecule has 1 aromatic carbocycles. The van der Waals surface area contributed by atoms with Crippen LogP contribution < -0.4 is 10.1 Å². The van der Waals surface area contributed by atoms with Gasteiger partial charge >= 0.3 is 0 Å². The van der Waals surface area contributed by atoms with E-state index in [1.807, 2.05) is 24.3 Å². The van der Waals surface area contributed by atoms with Crippen LogP contribution in [0.3, 0.4) is 0 Å². The van der Waals surface area contributed by atoms with Gasteiger partial charge in [-0.1, -0.05) is 12.1 Å². The molecule has 6 nitrogen and oxygen atoms in total. The molecule has 0 spiro atoms. The Labute approximate surface area is 148 Å². The lowest BCUT2D eigenvalue weighted by molar-refractivity contribution is 0.0909. The van der Waals surface area contributed by atoms with Gasteiger partial charge in [-0.15, -0.1) is 0 Å². The number of hydrogen-bond donors (Lipinski definition) is 1. The molecule has 0 radical (unpaired) electrons. The average Bonchev–Trinajstić information content (AvgIpc) is 3.13. The highest BCUT2D eigenvalue weighted by atomic mass is 79.9. The minimum atomic E-state index is -3.03. The number of para-hydroxylation sites is 1. The Kier molecular flexibility index (Phi) is 4.96. The smallest absolute Gasteiger partial charge is 0.287 e. The third-order valence-corrected chi connectivity index (χ3v) is 6.08. The van der Waals surface area contributed by atoms with E-state index in [0.29, 0.717) is 17.9 Å².